The van der Waals surface area contributed by atoms with Crippen LogP contribution in [0.3, 0.4) is 0 Å². The van der Waals surface area contributed by atoms with Crippen molar-refractivity contribution >= 4 is 36.7 Å². The van der Waals surface area contributed by atoms with Crippen molar-refractivity contribution in [3.63, 3.8) is 0 Å². The van der Waals surface area contributed by atoms with Gasteiger partial charge in [0.25, 0.3) is 0 Å². The molecule has 0 aliphatic carbocycles. The lowest BCUT2D eigenvalue weighted by molar-refractivity contribution is 0.391. The van der Waals surface area contributed by atoms with Crippen molar-refractivity contribution in [2.45, 2.75) is 24.8 Å². The van der Waals surface area contributed by atoms with Gasteiger partial charge in [0.1, 0.15) is 5.75 Å². The highest BCUT2D eigenvalue weighted by Gasteiger charge is 2.30. The van der Waals surface area contributed by atoms with E-state index in [2.05, 4.69) is 22.0 Å². The first-order valence-corrected chi connectivity index (χ1v) is 11.0. The van der Waals surface area contributed by atoms with Gasteiger partial charge in [-0.2, -0.15) is 4.31 Å². The average molecular weight is 446 g/mol. The van der Waals surface area contributed by atoms with Crippen LogP contribution in [0.15, 0.2) is 57.9 Å². The summed E-state index contributed by atoms with van der Waals surface area (Å²) in [5, 5.41) is 2.15. The molecular weight excluding hydrogens is 426 g/mol. The maximum atomic E-state index is 13.1. The Morgan fingerprint density at radius 1 is 1.07 bits per heavy atom. The van der Waals surface area contributed by atoms with E-state index in [4.69, 9.17) is 4.74 Å². The minimum absolute atomic E-state index is 0.343. The topological polar surface area (TPSA) is 46.6 Å². The second-order valence-corrected chi connectivity index (χ2v) is 9.55. The van der Waals surface area contributed by atoms with Crippen LogP contribution in [0.1, 0.15) is 16.7 Å². The Morgan fingerprint density at radius 2 is 1.81 bits per heavy atom. The summed E-state index contributed by atoms with van der Waals surface area (Å²) in [5.41, 5.74) is 3.26. The van der Waals surface area contributed by atoms with Crippen LogP contribution in [-0.4, -0.2) is 26.4 Å². The van der Waals surface area contributed by atoms with Gasteiger partial charge in [0.05, 0.1) is 12.0 Å². The molecule has 1 aliphatic heterocycles. The average Bonchev–Trinajstić information content (AvgIpc) is 2.68. The Hall–Kier alpha value is -1.89. The number of hydrogen-bond donors (Lipinski definition) is 0. The maximum Gasteiger partial charge on any atom is 0.243 e. The van der Waals surface area contributed by atoms with Crippen molar-refractivity contribution in [2.75, 3.05) is 13.7 Å². The molecule has 4 rings (SSSR count). The minimum atomic E-state index is -3.52. The van der Waals surface area contributed by atoms with E-state index in [0.717, 1.165) is 32.1 Å². The molecule has 3 aromatic carbocycles. The Labute approximate surface area is 167 Å². The van der Waals surface area contributed by atoms with Gasteiger partial charge in [-0.25, -0.2) is 8.42 Å². The van der Waals surface area contributed by atoms with Gasteiger partial charge in [0.2, 0.25) is 10.0 Å². The highest BCUT2D eigenvalue weighted by atomic mass is 79.9. The summed E-state index contributed by atoms with van der Waals surface area (Å²) in [6.07, 6.45) is 0.695. The number of halogens is 1. The van der Waals surface area contributed by atoms with Crippen LogP contribution in [0.25, 0.3) is 10.8 Å². The fourth-order valence-electron chi connectivity index (χ4n) is 3.52. The first-order valence-electron chi connectivity index (χ1n) is 8.75. The number of methoxy groups -OCH3 is 1. The van der Waals surface area contributed by atoms with Gasteiger partial charge in [0, 0.05) is 17.6 Å². The first kappa shape index (κ1) is 18.5. The van der Waals surface area contributed by atoms with Crippen molar-refractivity contribution in [3.8, 4) is 5.75 Å². The molecule has 4 nitrogen and oxygen atoms in total. The Morgan fingerprint density at radius 3 is 2.52 bits per heavy atom. The Balaban J connectivity index is 1.76. The molecule has 1 aliphatic rings. The molecule has 0 bridgehead atoms. The smallest absolute Gasteiger partial charge is 0.243 e. The minimum Gasteiger partial charge on any atom is -0.497 e. The highest BCUT2D eigenvalue weighted by Crippen LogP contribution is 2.37. The molecule has 0 unspecified atom stereocenters. The standard InChI is InChI=1S/C21H20BrNO3S/c1-14-3-7-18(8-4-14)27(24,25)23-10-9-16-11-15-5-6-17(26-2)12-19(15)21(22)20(16)13-23/h3-8,11-12H,9-10,13H2,1-2H3. The summed E-state index contributed by atoms with van der Waals surface area (Å²) in [6.45, 7) is 2.79. The zero-order chi connectivity index (χ0) is 19.2. The van der Waals surface area contributed by atoms with Crippen LogP contribution in [0.2, 0.25) is 0 Å². The normalized spacial score (nSPS) is 14.9. The maximum absolute atomic E-state index is 13.1. The van der Waals surface area contributed by atoms with Crippen molar-refractivity contribution in [1.29, 1.82) is 0 Å². The van der Waals surface area contributed by atoms with Crippen LogP contribution >= 0.6 is 15.9 Å². The summed E-state index contributed by atoms with van der Waals surface area (Å²) in [7, 11) is -1.87. The van der Waals surface area contributed by atoms with E-state index in [1.807, 2.05) is 37.3 Å². The summed E-state index contributed by atoms with van der Waals surface area (Å²) < 4.78 is 34.0. The number of aryl methyl sites for hydroxylation is 1. The van der Waals surface area contributed by atoms with Crippen LogP contribution in [0, 0.1) is 6.92 Å². The third-order valence-electron chi connectivity index (χ3n) is 5.10. The van der Waals surface area contributed by atoms with Crippen LogP contribution in [0.5, 0.6) is 5.75 Å². The molecule has 1 heterocycles. The summed E-state index contributed by atoms with van der Waals surface area (Å²) in [6, 6.07) is 15.1. The molecule has 0 N–H and O–H groups in total. The molecule has 140 valence electrons. The molecule has 0 saturated carbocycles. The molecule has 0 amide bonds. The fraction of sp³-hybridized carbons (Fsp3) is 0.238. The zero-order valence-corrected chi connectivity index (χ0v) is 17.6. The zero-order valence-electron chi connectivity index (χ0n) is 15.2. The largest absolute Gasteiger partial charge is 0.497 e. The van der Waals surface area contributed by atoms with Gasteiger partial charge in [0.15, 0.2) is 0 Å². The lowest BCUT2D eigenvalue weighted by Crippen LogP contribution is -2.36. The van der Waals surface area contributed by atoms with E-state index in [0.29, 0.717) is 24.4 Å². The highest BCUT2D eigenvalue weighted by molar-refractivity contribution is 9.10. The lowest BCUT2D eigenvalue weighted by Gasteiger charge is -2.29. The molecule has 0 fully saturated rings. The number of ether oxygens (including phenoxy) is 1. The van der Waals surface area contributed by atoms with Crippen LogP contribution in [-0.2, 0) is 23.0 Å². The van der Waals surface area contributed by atoms with Crippen LogP contribution < -0.4 is 4.74 Å². The molecular formula is C21H20BrNO3S. The third-order valence-corrected chi connectivity index (χ3v) is 7.87. The second-order valence-electron chi connectivity index (χ2n) is 6.82. The summed E-state index contributed by atoms with van der Waals surface area (Å²) in [5.74, 6) is 0.781. The second kappa shape index (κ2) is 6.93. The number of rotatable bonds is 3. The van der Waals surface area contributed by atoms with Crippen LogP contribution in [0.4, 0.5) is 0 Å². The first-order chi connectivity index (χ1) is 12.9. The number of nitrogens with zero attached hydrogens (tertiary/aromatic N) is 1. The van der Waals surface area contributed by atoms with E-state index in [1.54, 1.807) is 23.5 Å². The molecule has 0 aromatic heterocycles. The number of hydrogen-bond acceptors (Lipinski definition) is 3. The van der Waals surface area contributed by atoms with E-state index in [-0.39, 0.29) is 0 Å². The quantitative estimate of drug-likeness (QED) is 0.588. The molecule has 3 aromatic rings. The van der Waals surface area contributed by atoms with E-state index >= 15 is 0 Å². The molecule has 27 heavy (non-hydrogen) atoms. The Bertz CT molecular complexity index is 1120. The van der Waals surface area contributed by atoms with E-state index in [9.17, 15) is 8.42 Å². The Kier molecular flexibility index (Phi) is 4.74. The molecule has 6 heteroatoms. The van der Waals surface area contributed by atoms with Gasteiger partial charge in [-0.1, -0.05) is 29.8 Å². The molecule has 0 atom stereocenters. The summed E-state index contributed by atoms with van der Waals surface area (Å²) >= 11 is 3.71. The number of sulfonamides is 1. The predicted octanol–water partition coefficient (Wildman–Crippen LogP) is 4.67. The summed E-state index contributed by atoms with van der Waals surface area (Å²) in [4.78, 5) is 0.343. The van der Waals surface area contributed by atoms with Crippen molar-refractivity contribution in [1.82, 2.24) is 4.31 Å². The third kappa shape index (κ3) is 3.26. The van der Waals surface area contributed by atoms with E-state index in [1.165, 1.54) is 5.56 Å². The van der Waals surface area contributed by atoms with Gasteiger partial charge in [-0.15, -0.1) is 0 Å². The van der Waals surface area contributed by atoms with Gasteiger partial charge in [-0.05, 0) is 75.4 Å². The molecule has 0 spiro atoms. The predicted molar refractivity (Wildman–Crippen MR) is 111 cm³/mol. The van der Waals surface area contributed by atoms with E-state index < -0.39 is 10.0 Å². The fourth-order valence-corrected chi connectivity index (χ4v) is 5.65. The lowest BCUT2D eigenvalue weighted by atomic mass is 9.96. The van der Waals surface area contributed by atoms with Gasteiger partial charge in [-0.3, -0.25) is 0 Å². The van der Waals surface area contributed by atoms with Gasteiger partial charge < -0.3 is 4.74 Å². The molecule has 0 radical (unpaired) electrons. The van der Waals surface area contributed by atoms with Gasteiger partial charge >= 0.3 is 0 Å². The van der Waals surface area contributed by atoms with Crippen molar-refractivity contribution < 1.29 is 13.2 Å². The van der Waals surface area contributed by atoms with Crippen molar-refractivity contribution in [3.05, 3.63) is 69.7 Å². The molecule has 0 saturated heterocycles. The number of benzene rings is 3. The SMILES string of the molecule is COc1ccc2cc3c(c(Br)c2c1)CN(S(=O)(=O)c1ccc(C)cc1)CC3. The monoisotopic (exact) mass is 445 g/mol. The number of fused-ring (bicyclic) bond motifs is 2. The van der Waals surface area contributed by atoms with Crippen molar-refractivity contribution in [2.24, 2.45) is 0 Å².